The lowest BCUT2D eigenvalue weighted by molar-refractivity contribution is -0.274. The first kappa shape index (κ1) is 21.8. The van der Waals surface area contributed by atoms with Gasteiger partial charge in [0.15, 0.2) is 11.7 Å². The number of methoxy groups -OCH3 is 1. The van der Waals surface area contributed by atoms with Crippen molar-refractivity contribution in [1.82, 2.24) is 4.90 Å². The van der Waals surface area contributed by atoms with Crippen LogP contribution in [0.1, 0.15) is 24.4 Å². The van der Waals surface area contributed by atoms with Gasteiger partial charge in [-0.3, -0.25) is 9.89 Å². The summed E-state index contributed by atoms with van der Waals surface area (Å²) in [5.41, 5.74) is 7.07. The Morgan fingerprint density at radius 2 is 1.73 bits per heavy atom. The number of nitrogens with two attached hydrogens (primary N) is 1. The Morgan fingerprint density at radius 1 is 1.10 bits per heavy atom. The Bertz CT molecular complexity index is 867. The number of likely N-dealkylation sites (tertiary alicyclic amines) is 1. The highest BCUT2D eigenvalue weighted by Crippen LogP contribution is 2.32. The van der Waals surface area contributed by atoms with E-state index in [1.54, 1.807) is 13.2 Å². The number of aliphatic imine (C=N–C) groups is 1. The molecule has 3 N–H and O–H groups in total. The normalized spacial score (nSPS) is 16.3. The predicted molar refractivity (Wildman–Crippen MR) is 110 cm³/mol. The Labute approximate surface area is 173 Å². The van der Waals surface area contributed by atoms with E-state index in [1.807, 2.05) is 24.3 Å². The summed E-state index contributed by atoms with van der Waals surface area (Å²) in [4.78, 5) is 6.72. The van der Waals surface area contributed by atoms with Crippen LogP contribution in [0.4, 0.5) is 18.9 Å². The highest BCUT2D eigenvalue weighted by molar-refractivity contribution is 5.93. The lowest BCUT2D eigenvalue weighted by Crippen LogP contribution is -2.30. The molecule has 6 nitrogen and oxygen atoms in total. The number of para-hydroxylation sites is 3. The molecule has 2 aromatic carbocycles. The first-order valence-electron chi connectivity index (χ1n) is 9.66. The molecule has 1 aliphatic heterocycles. The number of alkyl halides is 3. The Kier molecular flexibility index (Phi) is 7.04. The van der Waals surface area contributed by atoms with Gasteiger partial charge in [0.1, 0.15) is 5.75 Å². The van der Waals surface area contributed by atoms with Crippen molar-refractivity contribution in [3.8, 4) is 11.5 Å². The molecular formula is C21H25F3N4O2. The molecule has 3 rings (SSSR count). The van der Waals surface area contributed by atoms with Crippen LogP contribution in [0.5, 0.6) is 11.5 Å². The van der Waals surface area contributed by atoms with E-state index in [9.17, 15) is 13.2 Å². The molecule has 1 unspecified atom stereocenters. The van der Waals surface area contributed by atoms with Crippen LogP contribution >= 0.6 is 0 Å². The van der Waals surface area contributed by atoms with Gasteiger partial charge in [-0.1, -0.05) is 30.3 Å². The number of halogens is 3. The molecule has 0 aliphatic carbocycles. The number of hydrogen-bond acceptors (Lipinski definition) is 4. The van der Waals surface area contributed by atoms with Crippen molar-refractivity contribution >= 4 is 11.6 Å². The second-order valence-electron chi connectivity index (χ2n) is 6.90. The van der Waals surface area contributed by atoms with Crippen molar-refractivity contribution in [1.29, 1.82) is 0 Å². The Morgan fingerprint density at radius 3 is 2.40 bits per heavy atom. The first-order valence-corrected chi connectivity index (χ1v) is 9.66. The average molecular weight is 422 g/mol. The van der Waals surface area contributed by atoms with E-state index < -0.39 is 6.36 Å². The van der Waals surface area contributed by atoms with Crippen molar-refractivity contribution in [2.45, 2.75) is 25.2 Å². The van der Waals surface area contributed by atoms with Gasteiger partial charge in [0, 0.05) is 5.56 Å². The molecule has 0 aromatic heterocycles. The number of hydrogen-bond donors (Lipinski definition) is 2. The van der Waals surface area contributed by atoms with Crippen LogP contribution in [-0.2, 0) is 0 Å². The van der Waals surface area contributed by atoms with Crippen molar-refractivity contribution in [2.24, 2.45) is 10.7 Å². The van der Waals surface area contributed by atoms with Gasteiger partial charge < -0.3 is 20.5 Å². The van der Waals surface area contributed by atoms with Gasteiger partial charge in [-0.2, -0.15) is 0 Å². The largest absolute Gasteiger partial charge is 0.573 e. The zero-order valence-corrected chi connectivity index (χ0v) is 16.7. The number of rotatable bonds is 7. The van der Waals surface area contributed by atoms with Crippen LogP contribution in [0, 0.1) is 0 Å². The molecule has 1 saturated heterocycles. The summed E-state index contributed by atoms with van der Waals surface area (Å²) in [7, 11) is 1.62. The van der Waals surface area contributed by atoms with Gasteiger partial charge in [0.25, 0.3) is 0 Å². The molecule has 2 aromatic rings. The average Bonchev–Trinajstić information content (AvgIpc) is 3.23. The fraction of sp³-hybridized carbons (Fsp3) is 0.381. The highest BCUT2D eigenvalue weighted by Gasteiger charge is 2.32. The van der Waals surface area contributed by atoms with E-state index in [2.05, 4.69) is 19.9 Å². The molecule has 1 aliphatic rings. The number of nitrogens with zero attached hydrogens (tertiary/aromatic N) is 2. The molecular weight excluding hydrogens is 397 g/mol. The summed E-state index contributed by atoms with van der Waals surface area (Å²) in [6.07, 6.45) is -2.59. The molecule has 0 amide bonds. The lowest BCUT2D eigenvalue weighted by Gasteiger charge is -2.28. The van der Waals surface area contributed by atoms with Crippen LogP contribution in [0.2, 0.25) is 0 Å². The monoisotopic (exact) mass is 422 g/mol. The van der Waals surface area contributed by atoms with Crippen molar-refractivity contribution < 1.29 is 22.6 Å². The van der Waals surface area contributed by atoms with Gasteiger partial charge in [-0.25, -0.2) is 0 Å². The summed E-state index contributed by atoms with van der Waals surface area (Å²) in [6.45, 7) is 2.21. The van der Waals surface area contributed by atoms with E-state index in [0.29, 0.717) is 6.54 Å². The van der Waals surface area contributed by atoms with E-state index in [-0.39, 0.29) is 23.4 Å². The van der Waals surface area contributed by atoms with Gasteiger partial charge in [0.2, 0.25) is 0 Å². The Hall–Kier alpha value is -2.94. The SMILES string of the molecule is COc1ccccc1C(CN=C(N)Nc1ccccc1OC(F)(F)F)N1CCCC1. The summed E-state index contributed by atoms with van der Waals surface area (Å²) >= 11 is 0. The second-order valence-corrected chi connectivity index (χ2v) is 6.90. The third kappa shape index (κ3) is 5.79. The van der Waals surface area contributed by atoms with Gasteiger partial charge in [-0.05, 0) is 44.1 Å². The fourth-order valence-corrected chi connectivity index (χ4v) is 3.55. The molecule has 9 heteroatoms. The van der Waals surface area contributed by atoms with E-state index in [0.717, 1.165) is 37.2 Å². The summed E-state index contributed by atoms with van der Waals surface area (Å²) in [5.74, 6) is 0.399. The van der Waals surface area contributed by atoms with Crippen LogP contribution in [-0.4, -0.2) is 44.0 Å². The van der Waals surface area contributed by atoms with Crippen molar-refractivity contribution in [2.75, 3.05) is 32.1 Å². The molecule has 0 spiro atoms. The van der Waals surface area contributed by atoms with Gasteiger partial charge in [0.05, 0.1) is 25.4 Å². The zero-order chi connectivity index (χ0) is 21.6. The van der Waals surface area contributed by atoms with E-state index >= 15 is 0 Å². The van der Waals surface area contributed by atoms with Crippen LogP contribution < -0.4 is 20.5 Å². The molecule has 1 fully saturated rings. The predicted octanol–water partition coefficient (Wildman–Crippen LogP) is 4.16. The Balaban J connectivity index is 1.78. The number of ether oxygens (including phenoxy) is 2. The zero-order valence-electron chi connectivity index (χ0n) is 16.7. The third-order valence-corrected chi connectivity index (χ3v) is 4.89. The quantitative estimate of drug-likeness (QED) is 0.518. The van der Waals surface area contributed by atoms with Crippen molar-refractivity contribution in [3.63, 3.8) is 0 Å². The second kappa shape index (κ2) is 9.71. The summed E-state index contributed by atoms with van der Waals surface area (Å²) in [5, 5.41) is 2.71. The number of anilines is 1. The first-order chi connectivity index (χ1) is 14.4. The van der Waals surface area contributed by atoms with Gasteiger partial charge >= 0.3 is 6.36 Å². The molecule has 0 bridgehead atoms. The van der Waals surface area contributed by atoms with Gasteiger partial charge in [-0.15, -0.1) is 13.2 Å². The summed E-state index contributed by atoms with van der Waals surface area (Å²) < 4.78 is 47.4. The molecule has 30 heavy (non-hydrogen) atoms. The number of benzene rings is 2. The standard InChI is InChI=1S/C21H25F3N4O2/c1-29-18-10-4-2-8-15(18)17(28-12-6-7-13-28)14-26-20(25)27-16-9-3-5-11-19(16)30-21(22,23)24/h2-5,8-11,17H,6-7,12-14H2,1H3,(H3,25,26,27). The molecule has 162 valence electrons. The lowest BCUT2D eigenvalue weighted by atomic mass is 10.0. The maximum Gasteiger partial charge on any atom is 0.573 e. The molecule has 0 saturated carbocycles. The molecule has 0 radical (unpaired) electrons. The minimum atomic E-state index is -4.80. The van der Waals surface area contributed by atoms with E-state index in [4.69, 9.17) is 10.5 Å². The molecule has 1 heterocycles. The van der Waals surface area contributed by atoms with Crippen molar-refractivity contribution in [3.05, 3.63) is 54.1 Å². The topological polar surface area (TPSA) is 72.1 Å². The number of nitrogens with one attached hydrogen (secondary N) is 1. The molecule has 1 atom stereocenters. The maximum absolute atomic E-state index is 12.6. The maximum atomic E-state index is 12.6. The summed E-state index contributed by atoms with van der Waals surface area (Å²) in [6, 6.07) is 13.4. The van der Waals surface area contributed by atoms with Crippen LogP contribution in [0.25, 0.3) is 0 Å². The van der Waals surface area contributed by atoms with E-state index in [1.165, 1.54) is 18.2 Å². The third-order valence-electron chi connectivity index (χ3n) is 4.89. The fourth-order valence-electron chi connectivity index (χ4n) is 3.55. The smallest absolute Gasteiger partial charge is 0.496 e. The minimum Gasteiger partial charge on any atom is -0.496 e. The highest BCUT2D eigenvalue weighted by atomic mass is 19.4. The van der Waals surface area contributed by atoms with Crippen LogP contribution in [0.3, 0.4) is 0 Å². The minimum absolute atomic E-state index is 0.00678. The van der Waals surface area contributed by atoms with Crippen LogP contribution in [0.15, 0.2) is 53.5 Å². The number of guanidine groups is 1.